The Hall–Kier alpha value is -1.14. The van der Waals surface area contributed by atoms with Crippen molar-refractivity contribution < 1.29 is 4.74 Å². The van der Waals surface area contributed by atoms with Gasteiger partial charge < -0.3 is 10.1 Å². The molecule has 1 N–H and O–H groups in total. The Balaban J connectivity index is 1.44. The maximum Gasteiger partial charge on any atom is 0.183 e. The molecule has 4 nitrogen and oxygen atoms in total. The molecule has 0 atom stereocenters. The van der Waals surface area contributed by atoms with Crippen molar-refractivity contribution in [2.75, 3.05) is 44.7 Å². The van der Waals surface area contributed by atoms with Crippen LogP contribution in [0.25, 0.3) is 11.3 Å². The molecule has 1 aromatic heterocycles. The van der Waals surface area contributed by atoms with Crippen LogP contribution in [-0.2, 0) is 4.74 Å². The standard InChI is InChI=1S/C16H20ClN3OS/c17-14-4-2-13(3-5-14)15-12-22-16(19-15)18-6-1-7-20-8-10-21-11-9-20/h2-5,12H,1,6-11H2,(H,18,19). The molecule has 1 aliphatic rings. The topological polar surface area (TPSA) is 37.4 Å². The Morgan fingerprint density at radius 1 is 1.23 bits per heavy atom. The molecule has 6 heteroatoms. The van der Waals surface area contributed by atoms with Gasteiger partial charge in [-0.15, -0.1) is 11.3 Å². The third kappa shape index (κ3) is 4.43. The zero-order valence-electron chi connectivity index (χ0n) is 12.4. The number of rotatable bonds is 6. The van der Waals surface area contributed by atoms with Gasteiger partial charge in [0.1, 0.15) is 0 Å². The zero-order valence-corrected chi connectivity index (χ0v) is 14.0. The second-order valence-electron chi connectivity index (χ2n) is 5.28. The van der Waals surface area contributed by atoms with E-state index in [4.69, 9.17) is 16.3 Å². The van der Waals surface area contributed by atoms with Crippen molar-refractivity contribution in [2.45, 2.75) is 6.42 Å². The van der Waals surface area contributed by atoms with E-state index in [1.165, 1.54) is 0 Å². The van der Waals surface area contributed by atoms with Gasteiger partial charge in [0.05, 0.1) is 18.9 Å². The second-order valence-corrected chi connectivity index (χ2v) is 6.57. The van der Waals surface area contributed by atoms with Crippen LogP contribution in [0.1, 0.15) is 6.42 Å². The number of hydrogen-bond acceptors (Lipinski definition) is 5. The van der Waals surface area contributed by atoms with E-state index in [0.29, 0.717) is 0 Å². The molecule has 0 aliphatic carbocycles. The fraction of sp³-hybridized carbons (Fsp3) is 0.438. The molecular weight excluding hydrogens is 318 g/mol. The average molecular weight is 338 g/mol. The minimum Gasteiger partial charge on any atom is -0.379 e. The molecule has 0 unspecified atom stereocenters. The maximum atomic E-state index is 5.91. The molecule has 1 aliphatic heterocycles. The van der Waals surface area contributed by atoms with E-state index in [9.17, 15) is 0 Å². The molecule has 118 valence electrons. The van der Waals surface area contributed by atoms with Crippen molar-refractivity contribution >= 4 is 28.1 Å². The Bertz CT molecular complexity index is 581. The normalized spacial score (nSPS) is 15.9. The SMILES string of the molecule is Clc1ccc(-c2csc(NCCCN3CCOCC3)n2)cc1. The number of nitrogens with zero attached hydrogens (tertiary/aromatic N) is 2. The van der Waals surface area contributed by atoms with Crippen molar-refractivity contribution in [3.8, 4) is 11.3 Å². The number of benzene rings is 1. The third-order valence-electron chi connectivity index (χ3n) is 3.68. The lowest BCUT2D eigenvalue weighted by Gasteiger charge is -2.26. The minimum atomic E-state index is 0.750. The van der Waals surface area contributed by atoms with Crippen molar-refractivity contribution in [3.05, 3.63) is 34.7 Å². The van der Waals surface area contributed by atoms with Crippen LogP contribution in [0, 0.1) is 0 Å². The quantitative estimate of drug-likeness (QED) is 0.817. The number of morpholine rings is 1. The van der Waals surface area contributed by atoms with Crippen LogP contribution >= 0.6 is 22.9 Å². The van der Waals surface area contributed by atoms with Gasteiger partial charge in [-0.1, -0.05) is 23.7 Å². The van der Waals surface area contributed by atoms with Gasteiger partial charge in [0, 0.05) is 35.6 Å². The van der Waals surface area contributed by atoms with Crippen molar-refractivity contribution in [1.29, 1.82) is 0 Å². The Morgan fingerprint density at radius 3 is 2.77 bits per heavy atom. The fourth-order valence-corrected chi connectivity index (χ4v) is 3.31. The summed E-state index contributed by atoms with van der Waals surface area (Å²) in [6.07, 6.45) is 1.12. The van der Waals surface area contributed by atoms with Crippen molar-refractivity contribution in [2.24, 2.45) is 0 Å². The lowest BCUT2D eigenvalue weighted by Crippen LogP contribution is -2.37. The van der Waals surface area contributed by atoms with E-state index in [1.807, 2.05) is 24.3 Å². The molecule has 2 aromatic rings. The summed E-state index contributed by atoms with van der Waals surface area (Å²) in [6, 6.07) is 7.79. The summed E-state index contributed by atoms with van der Waals surface area (Å²) in [6.45, 7) is 5.90. The van der Waals surface area contributed by atoms with Crippen LogP contribution in [0.2, 0.25) is 5.02 Å². The second kappa shape index (κ2) is 7.92. The average Bonchev–Trinajstić information content (AvgIpc) is 3.02. The highest BCUT2D eigenvalue weighted by Crippen LogP contribution is 2.25. The number of halogens is 1. The summed E-state index contributed by atoms with van der Waals surface area (Å²) < 4.78 is 5.35. The molecule has 3 rings (SSSR count). The van der Waals surface area contributed by atoms with E-state index < -0.39 is 0 Å². The highest BCUT2D eigenvalue weighted by Gasteiger charge is 2.09. The largest absolute Gasteiger partial charge is 0.379 e. The molecule has 0 amide bonds. The van der Waals surface area contributed by atoms with Gasteiger partial charge in [0.25, 0.3) is 0 Å². The van der Waals surface area contributed by atoms with E-state index in [0.717, 1.165) is 67.2 Å². The van der Waals surface area contributed by atoms with Crippen molar-refractivity contribution in [3.63, 3.8) is 0 Å². The lowest BCUT2D eigenvalue weighted by atomic mass is 10.2. The van der Waals surface area contributed by atoms with Gasteiger partial charge in [-0.25, -0.2) is 4.98 Å². The van der Waals surface area contributed by atoms with Gasteiger partial charge in [-0.05, 0) is 25.1 Å². The number of anilines is 1. The molecule has 0 saturated carbocycles. The molecule has 0 spiro atoms. The van der Waals surface area contributed by atoms with Gasteiger partial charge >= 0.3 is 0 Å². The summed E-state index contributed by atoms with van der Waals surface area (Å²) in [4.78, 5) is 7.08. The minimum absolute atomic E-state index is 0.750. The number of aromatic nitrogens is 1. The van der Waals surface area contributed by atoms with E-state index in [2.05, 4.69) is 20.6 Å². The van der Waals surface area contributed by atoms with Crippen LogP contribution in [0.4, 0.5) is 5.13 Å². The molecule has 1 aromatic carbocycles. The number of thiazole rings is 1. The van der Waals surface area contributed by atoms with Gasteiger partial charge in [0.15, 0.2) is 5.13 Å². The molecule has 22 heavy (non-hydrogen) atoms. The third-order valence-corrected chi connectivity index (χ3v) is 4.73. The fourth-order valence-electron chi connectivity index (χ4n) is 2.43. The molecular formula is C16H20ClN3OS. The molecule has 1 fully saturated rings. The number of ether oxygens (including phenoxy) is 1. The van der Waals surface area contributed by atoms with Crippen LogP contribution in [-0.4, -0.2) is 49.3 Å². The first-order chi connectivity index (χ1) is 10.8. The van der Waals surface area contributed by atoms with E-state index in [-0.39, 0.29) is 0 Å². The van der Waals surface area contributed by atoms with Gasteiger partial charge in [0.2, 0.25) is 0 Å². The number of nitrogens with one attached hydrogen (secondary N) is 1. The summed E-state index contributed by atoms with van der Waals surface area (Å²) in [5.41, 5.74) is 2.10. The van der Waals surface area contributed by atoms with Crippen LogP contribution in [0.3, 0.4) is 0 Å². The van der Waals surface area contributed by atoms with Crippen LogP contribution in [0.15, 0.2) is 29.6 Å². The summed E-state index contributed by atoms with van der Waals surface area (Å²) in [5, 5.41) is 7.22. The molecule has 0 radical (unpaired) electrons. The van der Waals surface area contributed by atoms with E-state index >= 15 is 0 Å². The van der Waals surface area contributed by atoms with E-state index in [1.54, 1.807) is 11.3 Å². The first-order valence-electron chi connectivity index (χ1n) is 7.57. The monoisotopic (exact) mass is 337 g/mol. The Kier molecular flexibility index (Phi) is 5.67. The predicted octanol–water partition coefficient (Wildman–Crippen LogP) is 3.60. The molecule has 2 heterocycles. The van der Waals surface area contributed by atoms with Gasteiger partial charge in [-0.3, -0.25) is 4.90 Å². The maximum absolute atomic E-state index is 5.91. The van der Waals surface area contributed by atoms with Crippen molar-refractivity contribution in [1.82, 2.24) is 9.88 Å². The lowest BCUT2D eigenvalue weighted by molar-refractivity contribution is 0.0378. The van der Waals surface area contributed by atoms with Gasteiger partial charge in [-0.2, -0.15) is 0 Å². The smallest absolute Gasteiger partial charge is 0.183 e. The summed E-state index contributed by atoms with van der Waals surface area (Å²) >= 11 is 7.56. The first kappa shape index (κ1) is 15.7. The molecule has 0 bridgehead atoms. The highest BCUT2D eigenvalue weighted by molar-refractivity contribution is 7.14. The molecule has 1 saturated heterocycles. The first-order valence-corrected chi connectivity index (χ1v) is 8.82. The van der Waals surface area contributed by atoms with Crippen LogP contribution in [0.5, 0.6) is 0 Å². The summed E-state index contributed by atoms with van der Waals surface area (Å²) in [7, 11) is 0. The predicted molar refractivity (Wildman–Crippen MR) is 92.9 cm³/mol. The zero-order chi connectivity index (χ0) is 15.2. The Labute approximate surface area is 140 Å². The Morgan fingerprint density at radius 2 is 2.00 bits per heavy atom. The number of hydrogen-bond donors (Lipinski definition) is 1. The summed E-state index contributed by atoms with van der Waals surface area (Å²) in [5.74, 6) is 0. The highest BCUT2D eigenvalue weighted by atomic mass is 35.5. The van der Waals surface area contributed by atoms with Crippen LogP contribution < -0.4 is 5.32 Å².